The van der Waals surface area contributed by atoms with Gasteiger partial charge in [-0.3, -0.25) is 0 Å². The van der Waals surface area contributed by atoms with Crippen LogP contribution in [-0.4, -0.2) is 53.9 Å². The number of methoxy groups -OCH3 is 2. The molecular formula is C12H17N3O5. The van der Waals surface area contributed by atoms with Crippen LogP contribution in [0.1, 0.15) is 23.5 Å². The second-order valence-electron chi connectivity index (χ2n) is 3.93. The minimum atomic E-state index is -1.00. The number of hydrogen-bond acceptors (Lipinski definition) is 7. The number of nitrogens with zero attached hydrogens (tertiary/aromatic N) is 2. The average Bonchev–Trinajstić information content (AvgIpc) is 2.45. The molecule has 8 nitrogen and oxygen atoms in total. The standard InChI is InChI=1S/C12H17N3O5/c1-19-7-3-4-8(11(16)17)14-9-5-6-13-10(15-9)12(18)20-2/h5-6,8H,3-4,7H2,1-2H3,(H,16,17)(H,13,14,15). The molecule has 0 radical (unpaired) electrons. The largest absolute Gasteiger partial charge is 0.480 e. The molecule has 0 saturated heterocycles. The van der Waals surface area contributed by atoms with Crippen LogP contribution in [0.3, 0.4) is 0 Å². The zero-order valence-electron chi connectivity index (χ0n) is 11.3. The van der Waals surface area contributed by atoms with Crippen LogP contribution in [-0.2, 0) is 14.3 Å². The molecule has 0 spiro atoms. The number of hydrogen-bond donors (Lipinski definition) is 2. The number of carbonyl (C=O) groups excluding carboxylic acids is 1. The van der Waals surface area contributed by atoms with Crippen molar-refractivity contribution in [2.24, 2.45) is 0 Å². The second-order valence-corrected chi connectivity index (χ2v) is 3.93. The maximum absolute atomic E-state index is 11.3. The van der Waals surface area contributed by atoms with Crippen LogP contribution in [0.4, 0.5) is 5.82 Å². The quantitative estimate of drug-likeness (QED) is 0.526. The second kappa shape index (κ2) is 8.05. The van der Waals surface area contributed by atoms with Crippen LogP contribution < -0.4 is 5.32 Å². The van der Waals surface area contributed by atoms with Crippen molar-refractivity contribution < 1.29 is 24.2 Å². The maximum atomic E-state index is 11.3. The molecule has 1 atom stereocenters. The Kier molecular flexibility index (Phi) is 6.38. The smallest absolute Gasteiger partial charge is 0.376 e. The molecule has 2 N–H and O–H groups in total. The van der Waals surface area contributed by atoms with E-state index in [4.69, 9.17) is 9.84 Å². The number of aromatic nitrogens is 2. The highest BCUT2D eigenvalue weighted by atomic mass is 16.5. The molecule has 8 heteroatoms. The van der Waals surface area contributed by atoms with Gasteiger partial charge in [-0.2, -0.15) is 0 Å². The van der Waals surface area contributed by atoms with Crippen molar-refractivity contribution in [3.63, 3.8) is 0 Å². The number of anilines is 1. The molecule has 1 aromatic heterocycles. The van der Waals surface area contributed by atoms with Gasteiger partial charge in [-0.1, -0.05) is 0 Å². The van der Waals surface area contributed by atoms with Gasteiger partial charge in [0.15, 0.2) is 0 Å². The van der Waals surface area contributed by atoms with Gasteiger partial charge >= 0.3 is 11.9 Å². The first-order valence-electron chi connectivity index (χ1n) is 5.98. The monoisotopic (exact) mass is 283 g/mol. The Hall–Kier alpha value is -2.22. The van der Waals surface area contributed by atoms with Crippen molar-refractivity contribution in [1.29, 1.82) is 0 Å². The topological polar surface area (TPSA) is 111 Å². The summed E-state index contributed by atoms with van der Waals surface area (Å²) in [5.41, 5.74) is 0. The third-order valence-corrected chi connectivity index (χ3v) is 2.49. The summed E-state index contributed by atoms with van der Waals surface area (Å²) in [4.78, 5) is 30.1. The molecule has 0 fully saturated rings. The first kappa shape index (κ1) is 15.8. The first-order chi connectivity index (χ1) is 9.58. The van der Waals surface area contributed by atoms with E-state index in [9.17, 15) is 9.59 Å². The number of carboxylic acid groups (broad SMARTS) is 1. The summed E-state index contributed by atoms with van der Waals surface area (Å²) >= 11 is 0. The van der Waals surface area contributed by atoms with E-state index in [0.717, 1.165) is 0 Å². The van der Waals surface area contributed by atoms with Gasteiger partial charge in [0.05, 0.1) is 7.11 Å². The summed E-state index contributed by atoms with van der Waals surface area (Å²) in [6.45, 7) is 0.475. The highest BCUT2D eigenvalue weighted by Gasteiger charge is 2.18. The summed E-state index contributed by atoms with van der Waals surface area (Å²) in [6, 6.07) is 0.671. The highest BCUT2D eigenvalue weighted by molar-refractivity contribution is 5.85. The minimum Gasteiger partial charge on any atom is -0.480 e. The van der Waals surface area contributed by atoms with Gasteiger partial charge in [0.1, 0.15) is 11.9 Å². The van der Waals surface area contributed by atoms with Crippen LogP contribution >= 0.6 is 0 Å². The first-order valence-corrected chi connectivity index (χ1v) is 5.98. The number of esters is 1. The SMILES string of the molecule is COCCCC(Nc1ccnc(C(=O)OC)n1)C(=O)O. The molecule has 1 rings (SSSR count). The Bertz CT molecular complexity index is 466. The van der Waals surface area contributed by atoms with Crippen LogP contribution in [0.5, 0.6) is 0 Å². The van der Waals surface area contributed by atoms with Crippen LogP contribution in [0.2, 0.25) is 0 Å². The van der Waals surface area contributed by atoms with E-state index >= 15 is 0 Å². The summed E-state index contributed by atoms with van der Waals surface area (Å²) in [7, 11) is 2.77. The van der Waals surface area contributed by atoms with E-state index in [0.29, 0.717) is 19.4 Å². The van der Waals surface area contributed by atoms with Crippen molar-refractivity contribution in [3.05, 3.63) is 18.1 Å². The van der Waals surface area contributed by atoms with Crippen molar-refractivity contribution in [1.82, 2.24) is 9.97 Å². The van der Waals surface area contributed by atoms with Gasteiger partial charge in [0, 0.05) is 19.9 Å². The van der Waals surface area contributed by atoms with E-state index in [2.05, 4.69) is 20.0 Å². The number of nitrogens with one attached hydrogen (secondary N) is 1. The summed E-state index contributed by atoms with van der Waals surface area (Å²) in [5.74, 6) is -1.55. The molecule has 0 aliphatic carbocycles. The van der Waals surface area contributed by atoms with E-state index in [-0.39, 0.29) is 11.6 Å². The van der Waals surface area contributed by atoms with E-state index < -0.39 is 18.0 Å². The molecule has 0 saturated carbocycles. The third kappa shape index (κ3) is 4.81. The van der Waals surface area contributed by atoms with Crippen molar-refractivity contribution in [2.75, 3.05) is 26.1 Å². The normalized spacial score (nSPS) is 11.7. The number of carboxylic acids is 1. The lowest BCUT2D eigenvalue weighted by molar-refractivity contribution is -0.138. The molecule has 0 aromatic carbocycles. The molecule has 20 heavy (non-hydrogen) atoms. The predicted octanol–water partition coefficient (Wildman–Crippen LogP) is 0.555. The summed E-state index contributed by atoms with van der Waals surface area (Å²) < 4.78 is 9.38. The van der Waals surface area contributed by atoms with E-state index in [1.807, 2.05) is 0 Å². The average molecular weight is 283 g/mol. The lowest BCUT2D eigenvalue weighted by Gasteiger charge is -2.14. The predicted molar refractivity (Wildman–Crippen MR) is 69.5 cm³/mol. The molecule has 110 valence electrons. The molecule has 0 aliphatic rings. The number of ether oxygens (including phenoxy) is 2. The molecule has 1 aromatic rings. The molecular weight excluding hydrogens is 266 g/mol. The maximum Gasteiger partial charge on any atom is 0.376 e. The van der Waals surface area contributed by atoms with Gasteiger partial charge in [0.25, 0.3) is 0 Å². The van der Waals surface area contributed by atoms with Gasteiger partial charge in [-0.25, -0.2) is 19.6 Å². The molecule has 0 amide bonds. The zero-order valence-corrected chi connectivity index (χ0v) is 11.3. The van der Waals surface area contributed by atoms with Gasteiger partial charge in [0.2, 0.25) is 5.82 Å². The fourth-order valence-electron chi connectivity index (χ4n) is 1.50. The molecule has 1 unspecified atom stereocenters. The van der Waals surface area contributed by atoms with Crippen LogP contribution in [0, 0.1) is 0 Å². The Labute approximate surface area is 116 Å². The van der Waals surface area contributed by atoms with Crippen molar-refractivity contribution >= 4 is 17.8 Å². The number of rotatable bonds is 8. The van der Waals surface area contributed by atoms with Gasteiger partial charge < -0.3 is 19.9 Å². The fraction of sp³-hybridized carbons (Fsp3) is 0.500. The minimum absolute atomic E-state index is 0.126. The Balaban J connectivity index is 2.73. The van der Waals surface area contributed by atoms with Crippen LogP contribution in [0.15, 0.2) is 12.3 Å². The zero-order chi connectivity index (χ0) is 15.0. The Morgan fingerprint density at radius 3 is 2.80 bits per heavy atom. The van der Waals surface area contributed by atoms with Gasteiger partial charge in [-0.05, 0) is 18.9 Å². The molecule has 0 bridgehead atoms. The summed E-state index contributed by atoms with van der Waals surface area (Å²) in [5, 5.41) is 11.9. The lowest BCUT2D eigenvalue weighted by Crippen LogP contribution is -2.30. The van der Waals surface area contributed by atoms with Gasteiger partial charge in [-0.15, -0.1) is 0 Å². The Morgan fingerprint density at radius 2 is 2.20 bits per heavy atom. The van der Waals surface area contributed by atoms with Crippen LogP contribution in [0.25, 0.3) is 0 Å². The molecule has 0 aliphatic heterocycles. The van der Waals surface area contributed by atoms with E-state index in [1.54, 1.807) is 7.11 Å². The van der Waals surface area contributed by atoms with Crippen molar-refractivity contribution in [3.8, 4) is 0 Å². The number of aliphatic carboxylic acids is 1. The van der Waals surface area contributed by atoms with Crippen molar-refractivity contribution in [2.45, 2.75) is 18.9 Å². The lowest BCUT2D eigenvalue weighted by atomic mass is 10.1. The fourth-order valence-corrected chi connectivity index (χ4v) is 1.50. The van der Waals surface area contributed by atoms with E-state index in [1.165, 1.54) is 19.4 Å². The summed E-state index contributed by atoms with van der Waals surface area (Å²) in [6.07, 6.45) is 2.33. The molecule has 1 heterocycles. The third-order valence-electron chi connectivity index (χ3n) is 2.49. The number of carbonyl (C=O) groups is 2. The Morgan fingerprint density at radius 1 is 1.45 bits per heavy atom. The highest BCUT2D eigenvalue weighted by Crippen LogP contribution is 2.09.